The van der Waals surface area contributed by atoms with E-state index in [9.17, 15) is 9.90 Å². The third kappa shape index (κ3) is 3.22. The van der Waals surface area contributed by atoms with Gasteiger partial charge in [-0.2, -0.15) is 0 Å². The summed E-state index contributed by atoms with van der Waals surface area (Å²) >= 11 is 0. The highest BCUT2D eigenvalue weighted by molar-refractivity contribution is 6.86. The Morgan fingerprint density at radius 2 is 1.50 bits per heavy atom. The van der Waals surface area contributed by atoms with Crippen LogP contribution in [0.25, 0.3) is 0 Å². The normalized spacial score (nSPS) is 17.6. The van der Waals surface area contributed by atoms with E-state index in [0.717, 1.165) is 0 Å². The van der Waals surface area contributed by atoms with Crippen molar-refractivity contribution in [3.05, 3.63) is 0 Å². The van der Waals surface area contributed by atoms with E-state index < -0.39 is 27.3 Å². The molecule has 0 radical (unpaired) electrons. The Morgan fingerprint density at radius 3 is 1.57 bits per heavy atom. The van der Waals surface area contributed by atoms with E-state index in [1.54, 1.807) is 0 Å². The molecule has 0 spiro atoms. The lowest BCUT2D eigenvalue weighted by Crippen LogP contribution is -2.60. The Labute approximate surface area is 88.2 Å². The molecule has 5 heteroatoms. The van der Waals surface area contributed by atoms with Gasteiger partial charge in [0.15, 0.2) is 0 Å². The molecule has 0 aliphatic heterocycles. The Balaban J connectivity index is 5.04. The van der Waals surface area contributed by atoms with Gasteiger partial charge >= 0.3 is 5.97 Å². The lowest BCUT2D eigenvalue weighted by molar-refractivity contribution is -0.149. The van der Waals surface area contributed by atoms with Crippen molar-refractivity contribution in [1.29, 1.82) is 0 Å². The monoisotopic (exact) mass is 234 g/mol. The average molecular weight is 234 g/mol. The first kappa shape index (κ1) is 13.9. The van der Waals surface area contributed by atoms with Gasteiger partial charge < -0.3 is 10.2 Å². The SMILES string of the molecule is C[Si](C)(C)CC(O)(C(=O)O)[Si](C)(C)C. The summed E-state index contributed by atoms with van der Waals surface area (Å²) in [6, 6.07) is 0.449. The average Bonchev–Trinajstić information content (AvgIpc) is 1.79. The van der Waals surface area contributed by atoms with Gasteiger partial charge in [-0.15, -0.1) is 0 Å². The van der Waals surface area contributed by atoms with Crippen LogP contribution < -0.4 is 0 Å². The highest BCUT2D eigenvalue weighted by Crippen LogP contribution is 2.30. The molecule has 0 aliphatic carbocycles. The van der Waals surface area contributed by atoms with Crippen molar-refractivity contribution >= 4 is 22.1 Å². The topological polar surface area (TPSA) is 57.5 Å². The molecule has 0 bridgehead atoms. The van der Waals surface area contributed by atoms with Crippen molar-refractivity contribution in [2.24, 2.45) is 0 Å². The summed E-state index contributed by atoms with van der Waals surface area (Å²) in [5, 5.41) is 17.9. The van der Waals surface area contributed by atoms with Gasteiger partial charge in [0.2, 0.25) is 0 Å². The number of hydrogen-bond acceptors (Lipinski definition) is 2. The lowest BCUT2D eigenvalue weighted by Gasteiger charge is -2.38. The number of carboxylic acids is 1. The Kier molecular flexibility index (Phi) is 3.75. The fourth-order valence-electron chi connectivity index (χ4n) is 1.43. The summed E-state index contributed by atoms with van der Waals surface area (Å²) in [5.41, 5.74) is 0. The molecule has 0 saturated carbocycles. The van der Waals surface area contributed by atoms with Crippen LogP contribution in [0.4, 0.5) is 0 Å². The quantitative estimate of drug-likeness (QED) is 0.732. The zero-order valence-corrected chi connectivity index (χ0v) is 12.0. The molecule has 3 nitrogen and oxygen atoms in total. The van der Waals surface area contributed by atoms with Crippen molar-refractivity contribution < 1.29 is 15.0 Å². The van der Waals surface area contributed by atoms with E-state index in [2.05, 4.69) is 19.6 Å². The second kappa shape index (κ2) is 3.79. The molecule has 0 aromatic rings. The molecule has 0 rings (SSSR count). The maximum atomic E-state index is 11.2. The summed E-state index contributed by atoms with van der Waals surface area (Å²) in [5.74, 6) is -1.04. The van der Waals surface area contributed by atoms with Crippen LogP contribution >= 0.6 is 0 Å². The smallest absolute Gasteiger partial charge is 0.331 e. The van der Waals surface area contributed by atoms with E-state index >= 15 is 0 Å². The lowest BCUT2D eigenvalue weighted by atomic mass is 10.4. The second-order valence-corrected chi connectivity index (χ2v) is 17.0. The van der Waals surface area contributed by atoms with E-state index in [4.69, 9.17) is 5.11 Å². The predicted octanol–water partition coefficient (Wildman–Crippen LogP) is 2.02. The number of carboxylic acid groups (broad SMARTS) is 1. The molecule has 1 unspecified atom stereocenters. The second-order valence-electron chi connectivity index (χ2n) is 6.15. The van der Waals surface area contributed by atoms with Gasteiger partial charge in [-0.1, -0.05) is 39.3 Å². The number of hydrogen-bond donors (Lipinski definition) is 2. The summed E-state index contributed by atoms with van der Waals surface area (Å²) in [7, 11) is -3.65. The van der Waals surface area contributed by atoms with Gasteiger partial charge in [0, 0.05) is 8.07 Å². The minimum absolute atomic E-state index is 0.449. The van der Waals surface area contributed by atoms with E-state index in [-0.39, 0.29) is 0 Å². The maximum absolute atomic E-state index is 11.2. The van der Waals surface area contributed by atoms with Gasteiger partial charge in [-0.3, -0.25) is 0 Å². The zero-order valence-electron chi connectivity index (χ0n) is 10.0. The first-order valence-electron chi connectivity index (χ1n) is 4.86. The fraction of sp³-hybridized carbons (Fsp3) is 0.889. The summed E-state index contributed by atoms with van der Waals surface area (Å²) < 4.78 is 0. The molecule has 0 amide bonds. The van der Waals surface area contributed by atoms with Crippen molar-refractivity contribution in [3.63, 3.8) is 0 Å². The standard InChI is InChI=1S/C9H22O3Si2/c1-13(2,3)7-9(12,8(10)11)14(4,5)6/h12H,7H2,1-6H3,(H,10,11). The van der Waals surface area contributed by atoms with Crippen molar-refractivity contribution in [1.82, 2.24) is 0 Å². The summed E-state index contributed by atoms with van der Waals surface area (Å²) in [6.07, 6.45) is 0. The third-order valence-corrected chi connectivity index (χ3v) is 7.18. The molecule has 0 saturated heterocycles. The number of aliphatic carboxylic acids is 1. The Bertz CT molecular complexity index is 227. The van der Waals surface area contributed by atoms with Crippen LogP contribution in [-0.4, -0.2) is 37.6 Å². The van der Waals surface area contributed by atoms with Gasteiger partial charge in [-0.25, -0.2) is 4.79 Å². The molecule has 0 aromatic carbocycles. The molecule has 0 aromatic heterocycles. The Hall–Kier alpha value is -0.136. The van der Waals surface area contributed by atoms with Gasteiger partial charge in [-0.05, 0) is 6.04 Å². The predicted molar refractivity (Wildman–Crippen MR) is 64.1 cm³/mol. The van der Waals surface area contributed by atoms with Crippen LogP contribution in [0, 0.1) is 0 Å². The summed E-state index contributed by atoms with van der Waals surface area (Å²) in [4.78, 5) is 11.2. The van der Waals surface area contributed by atoms with Crippen molar-refractivity contribution in [3.8, 4) is 0 Å². The molecule has 84 valence electrons. The third-order valence-electron chi connectivity index (χ3n) is 2.38. The molecule has 1 atom stereocenters. The van der Waals surface area contributed by atoms with Crippen LogP contribution in [-0.2, 0) is 4.79 Å². The number of carbonyl (C=O) groups is 1. The molecule has 2 N–H and O–H groups in total. The van der Waals surface area contributed by atoms with Crippen LogP contribution in [0.2, 0.25) is 45.3 Å². The van der Waals surface area contributed by atoms with Crippen molar-refractivity contribution in [2.45, 2.75) is 50.6 Å². The molecule has 0 aliphatic rings. The minimum Gasteiger partial charge on any atom is -0.479 e. The Morgan fingerprint density at radius 1 is 1.14 bits per heavy atom. The van der Waals surface area contributed by atoms with Crippen LogP contribution in [0.3, 0.4) is 0 Å². The molecule has 0 heterocycles. The number of aliphatic hydroxyl groups is 1. The summed E-state index contributed by atoms with van der Waals surface area (Å²) in [6.45, 7) is 12.0. The molecular weight excluding hydrogens is 212 g/mol. The molecule has 0 fully saturated rings. The van der Waals surface area contributed by atoms with Crippen LogP contribution in [0.1, 0.15) is 0 Å². The highest BCUT2D eigenvalue weighted by atomic mass is 28.3. The van der Waals surface area contributed by atoms with Crippen LogP contribution in [0.5, 0.6) is 0 Å². The van der Waals surface area contributed by atoms with Gasteiger partial charge in [0.25, 0.3) is 0 Å². The highest BCUT2D eigenvalue weighted by Gasteiger charge is 2.50. The maximum Gasteiger partial charge on any atom is 0.331 e. The van der Waals surface area contributed by atoms with E-state index in [0.29, 0.717) is 6.04 Å². The fourth-order valence-corrected chi connectivity index (χ4v) is 7.47. The molecular formula is C9H22O3Si2. The van der Waals surface area contributed by atoms with Crippen molar-refractivity contribution in [2.75, 3.05) is 0 Å². The number of rotatable bonds is 4. The van der Waals surface area contributed by atoms with Gasteiger partial charge in [0.1, 0.15) is 5.22 Å². The first-order valence-corrected chi connectivity index (χ1v) is 12.1. The van der Waals surface area contributed by atoms with Gasteiger partial charge in [0.05, 0.1) is 8.07 Å². The van der Waals surface area contributed by atoms with E-state index in [1.165, 1.54) is 0 Å². The van der Waals surface area contributed by atoms with Crippen LogP contribution in [0.15, 0.2) is 0 Å². The largest absolute Gasteiger partial charge is 0.479 e. The minimum atomic E-state index is -2.09. The zero-order chi connectivity index (χ0) is 11.8. The first-order chi connectivity index (χ1) is 5.90. The van der Waals surface area contributed by atoms with E-state index in [1.807, 2.05) is 19.6 Å². The molecule has 14 heavy (non-hydrogen) atoms.